The highest BCUT2D eigenvalue weighted by Gasteiger charge is 2.30. The van der Waals surface area contributed by atoms with Gasteiger partial charge in [0.05, 0.1) is 22.0 Å². The fourth-order valence-electron chi connectivity index (χ4n) is 2.47. The predicted octanol–water partition coefficient (Wildman–Crippen LogP) is 1.43. The molecule has 0 spiro atoms. The molecule has 1 aromatic heterocycles. The van der Waals surface area contributed by atoms with Crippen molar-refractivity contribution in [3.8, 4) is 0 Å². The maximum atomic E-state index is 10.6. The lowest BCUT2D eigenvalue weighted by atomic mass is 9.89. The van der Waals surface area contributed by atoms with Crippen molar-refractivity contribution in [1.82, 2.24) is 15.1 Å². The van der Waals surface area contributed by atoms with Gasteiger partial charge >= 0.3 is 0 Å². The van der Waals surface area contributed by atoms with E-state index in [0.717, 1.165) is 43.7 Å². The van der Waals surface area contributed by atoms with E-state index >= 15 is 0 Å². The van der Waals surface area contributed by atoms with Crippen molar-refractivity contribution in [3.05, 3.63) is 16.4 Å². The minimum Gasteiger partial charge on any atom is -0.389 e. The van der Waals surface area contributed by atoms with Crippen molar-refractivity contribution in [3.63, 3.8) is 0 Å². The van der Waals surface area contributed by atoms with Gasteiger partial charge in [-0.3, -0.25) is 4.68 Å². The highest BCUT2D eigenvalue weighted by molar-refractivity contribution is 6.31. The number of nitrogens with zero attached hydrogens (tertiary/aromatic N) is 2. The number of hydrogen-bond acceptors (Lipinski definition) is 3. The number of halogens is 1. The van der Waals surface area contributed by atoms with Gasteiger partial charge in [0.1, 0.15) is 0 Å². The molecular weight excluding hydrogens is 238 g/mol. The Labute approximate surface area is 107 Å². The molecule has 0 aromatic carbocycles. The summed E-state index contributed by atoms with van der Waals surface area (Å²) >= 11 is 6.23. The van der Waals surface area contributed by atoms with E-state index in [-0.39, 0.29) is 0 Å². The first-order chi connectivity index (χ1) is 8.02. The molecule has 0 radical (unpaired) electrons. The zero-order valence-electron chi connectivity index (χ0n) is 10.5. The second-order valence-electron chi connectivity index (χ2n) is 4.97. The SMILES string of the molecule is Cc1nn(C)c(CC2(O)CCCNCC2)c1Cl. The number of nitrogens with one attached hydrogen (secondary N) is 1. The van der Waals surface area contributed by atoms with Gasteiger partial charge in [-0.25, -0.2) is 0 Å². The molecule has 2 rings (SSSR count). The number of aryl methyl sites for hydroxylation is 2. The van der Waals surface area contributed by atoms with Crippen LogP contribution in [-0.4, -0.2) is 33.6 Å². The van der Waals surface area contributed by atoms with Crippen LogP contribution in [0, 0.1) is 6.92 Å². The van der Waals surface area contributed by atoms with Crippen LogP contribution >= 0.6 is 11.6 Å². The molecule has 0 bridgehead atoms. The molecule has 1 atom stereocenters. The molecule has 96 valence electrons. The van der Waals surface area contributed by atoms with Gasteiger partial charge < -0.3 is 10.4 Å². The Morgan fingerprint density at radius 1 is 1.47 bits per heavy atom. The fourth-order valence-corrected chi connectivity index (χ4v) is 2.70. The topological polar surface area (TPSA) is 50.1 Å². The van der Waals surface area contributed by atoms with E-state index < -0.39 is 5.60 Å². The molecule has 0 amide bonds. The summed E-state index contributed by atoms with van der Waals surface area (Å²) in [6.07, 6.45) is 3.18. The third kappa shape index (κ3) is 2.81. The predicted molar refractivity (Wildman–Crippen MR) is 68.3 cm³/mol. The third-order valence-electron chi connectivity index (χ3n) is 3.52. The second-order valence-corrected chi connectivity index (χ2v) is 5.35. The summed E-state index contributed by atoms with van der Waals surface area (Å²) < 4.78 is 1.79. The highest BCUT2D eigenvalue weighted by atomic mass is 35.5. The summed E-state index contributed by atoms with van der Waals surface area (Å²) in [4.78, 5) is 0. The lowest BCUT2D eigenvalue weighted by Gasteiger charge is -2.26. The Bertz CT molecular complexity index is 395. The molecular formula is C12H20ClN3O. The van der Waals surface area contributed by atoms with Crippen molar-refractivity contribution < 1.29 is 5.11 Å². The van der Waals surface area contributed by atoms with Crippen molar-refractivity contribution >= 4 is 11.6 Å². The number of rotatable bonds is 2. The van der Waals surface area contributed by atoms with Gasteiger partial charge in [0.2, 0.25) is 0 Å². The van der Waals surface area contributed by atoms with Crippen molar-refractivity contribution in [1.29, 1.82) is 0 Å². The van der Waals surface area contributed by atoms with Gasteiger partial charge in [-0.2, -0.15) is 5.10 Å². The molecule has 0 aliphatic carbocycles. The molecule has 17 heavy (non-hydrogen) atoms. The Hall–Kier alpha value is -0.580. The van der Waals surface area contributed by atoms with E-state index in [2.05, 4.69) is 10.4 Å². The van der Waals surface area contributed by atoms with Gasteiger partial charge in [0, 0.05) is 13.5 Å². The van der Waals surface area contributed by atoms with E-state index in [1.807, 2.05) is 14.0 Å². The van der Waals surface area contributed by atoms with Gasteiger partial charge in [0.25, 0.3) is 0 Å². The van der Waals surface area contributed by atoms with Gasteiger partial charge in [-0.05, 0) is 39.3 Å². The van der Waals surface area contributed by atoms with Crippen molar-refractivity contribution in [2.75, 3.05) is 13.1 Å². The Morgan fingerprint density at radius 3 is 2.88 bits per heavy atom. The third-order valence-corrected chi connectivity index (χ3v) is 4.01. The highest BCUT2D eigenvalue weighted by Crippen LogP contribution is 2.29. The Kier molecular flexibility index (Phi) is 3.76. The quantitative estimate of drug-likeness (QED) is 0.843. The van der Waals surface area contributed by atoms with E-state index in [4.69, 9.17) is 11.6 Å². The summed E-state index contributed by atoms with van der Waals surface area (Å²) in [6, 6.07) is 0. The summed E-state index contributed by atoms with van der Waals surface area (Å²) in [5, 5.41) is 18.9. The molecule has 2 heterocycles. The summed E-state index contributed by atoms with van der Waals surface area (Å²) in [7, 11) is 1.88. The lowest BCUT2D eigenvalue weighted by Crippen LogP contribution is -2.33. The largest absolute Gasteiger partial charge is 0.389 e. The number of hydrogen-bond donors (Lipinski definition) is 2. The van der Waals surface area contributed by atoms with Crippen LogP contribution in [0.5, 0.6) is 0 Å². The van der Waals surface area contributed by atoms with Crippen LogP contribution in [0.2, 0.25) is 5.02 Å². The van der Waals surface area contributed by atoms with E-state index in [1.165, 1.54) is 0 Å². The standard InChI is InChI=1S/C12H20ClN3O/c1-9-11(13)10(16(2)15-9)8-12(17)4-3-6-14-7-5-12/h14,17H,3-8H2,1-2H3. The molecule has 1 aromatic rings. The molecule has 4 nitrogen and oxygen atoms in total. The van der Waals surface area contributed by atoms with Gasteiger partial charge in [-0.15, -0.1) is 0 Å². The smallest absolute Gasteiger partial charge is 0.0848 e. The first-order valence-corrected chi connectivity index (χ1v) is 6.51. The van der Waals surface area contributed by atoms with Crippen LogP contribution in [0.25, 0.3) is 0 Å². The monoisotopic (exact) mass is 257 g/mol. The molecule has 1 aliphatic rings. The van der Waals surface area contributed by atoms with Crippen LogP contribution in [0.3, 0.4) is 0 Å². The van der Waals surface area contributed by atoms with Crippen molar-refractivity contribution in [2.24, 2.45) is 7.05 Å². The Balaban J connectivity index is 2.18. The maximum Gasteiger partial charge on any atom is 0.0848 e. The molecule has 2 N–H and O–H groups in total. The average molecular weight is 258 g/mol. The lowest BCUT2D eigenvalue weighted by molar-refractivity contribution is 0.0267. The van der Waals surface area contributed by atoms with Crippen LogP contribution < -0.4 is 5.32 Å². The van der Waals surface area contributed by atoms with E-state index in [0.29, 0.717) is 11.4 Å². The maximum absolute atomic E-state index is 10.6. The molecule has 5 heteroatoms. The second kappa shape index (κ2) is 4.96. The fraction of sp³-hybridized carbons (Fsp3) is 0.750. The van der Waals surface area contributed by atoms with Gasteiger partial charge in [-0.1, -0.05) is 11.6 Å². The van der Waals surface area contributed by atoms with Crippen molar-refractivity contribution in [2.45, 2.75) is 38.2 Å². The zero-order valence-corrected chi connectivity index (χ0v) is 11.2. The normalized spacial score (nSPS) is 25.9. The molecule has 0 saturated carbocycles. The number of aromatic nitrogens is 2. The van der Waals surface area contributed by atoms with Gasteiger partial charge in [0.15, 0.2) is 0 Å². The van der Waals surface area contributed by atoms with Crippen LogP contribution in [-0.2, 0) is 13.5 Å². The first kappa shape index (κ1) is 12.9. The molecule has 1 unspecified atom stereocenters. The van der Waals surface area contributed by atoms with Crippen LogP contribution in [0.1, 0.15) is 30.7 Å². The minimum absolute atomic E-state index is 0.588. The number of aliphatic hydroxyl groups is 1. The summed E-state index contributed by atoms with van der Waals surface area (Å²) in [5.74, 6) is 0. The minimum atomic E-state index is -0.645. The van der Waals surface area contributed by atoms with E-state index in [9.17, 15) is 5.11 Å². The molecule has 1 fully saturated rings. The molecule has 1 aliphatic heterocycles. The first-order valence-electron chi connectivity index (χ1n) is 6.13. The van der Waals surface area contributed by atoms with Crippen LogP contribution in [0.4, 0.5) is 0 Å². The summed E-state index contributed by atoms with van der Waals surface area (Å²) in [5.41, 5.74) is 1.13. The Morgan fingerprint density at radius 2 is 2.24 bits per heavy atom. The van der Waals surface area contributed by atoms with E-state index in [1.54, 1.807) is 4.68 Å². The molecule has 1 saturated heterocycles. The summed E-state index contributed by atoms with van der Waals surface area (Å²) in [6.45, 7) is 3.75. The average Bonchev–Trinajstić information content (AvgIpc) is 2.48. The zero-order chi connectivity index (χ0) is 12.5. The van der Waals surface area contributed by atoms with Crippen LogP contribution in [0.15, 0.2) is 0 Å².